The molecule has 2 aromatic carbocycles. The summed E-state index contributed by atoms with van der Waals surface area (Å²) in [5.74, 6) is 0. The molecular formula is C26H37Cl2HfSi. The number of hydrogen-bond donors (Lipinski definition) is 0. The van der Waals surface area contributed by atoms with Gasteiger partial charge in [-0.1, -0.05) is 0 Å². The number of halogens is 2. The first kappa shape index (κ1) is 25.8. The summed E-state index contributed by atoms with van der Waals surface area (Å²) in [5, 5.41) is 0. The third-order valence-electron chi connectivity index (χ3n) is 7.74. The first-order chi connectivity index (χ1) is 12.9. The minimum absolute atomic E-state index is 0. The van der Waals surface area contributed by atoms with Gasteiger partial charge >= 0.3 is 175 Å². The molecule has 30 heavy (non-hydrogen) atoms. The second kappa shape index (κ2) is 8.18. The van der Waals surface area contributed by atoms with E-state index in [4.69, 9.17) is 0 Å². The van der Waals surface area contributed by atoms with E-state index in [2.05, 4.69) is 87.3 Å². The molecule has 2 unspecified atom stereocenters. The summed E-state index contributed by atoms with van der Waals surface area (Å²) < 4.78 is 6.97. The van der Waals surface area contributed by atoms with Crippen LogP contribution >= 0.6 is 24.8 Å². The zero-order chi connectivity index (χ0) is 20.6. The molecule has 0 saturated carbocycles. The van der Waals surface area contributed by atoms with Crippen LogP contribution in [0.1, 0.15) is 65.7 Å². The fourth-order valence-corrected chi connectivity index (χ4v) is 42.6. The molecule has 2 atom stereocenters. The zero-order valence-electron chi connectivity index (χ0n) is 19.9. The smallest absolute Gasteiger partial charge is 0.147 e. The van der Waals surface area contributed by atoms with Crippen LogP contribution in [-0.4, -0.2) is 7.43 Å². The summed E-state index contributed by atoms with van der Waals surface area (Å²) in [6.07, 6.45) is 5.06. The Balaban J connectivity index is 0.00000160. The number of hydrogen-bond acceptors (Lipinski definition) is 0. The van der Waals surface area contributed by atoms with Crippen LogP contribution in [0.2, 0.25) is 9.36 Å². The maximum absolute atomic E-state index is 3.34. The molecule has 4 heteroatoms. The predicted octanol–water partition coefficient (Wildman–Crippen LogP) is 7.45. The van der Waals surface area contributed by atoms with Gasteiger partial charge in [-0.15, -0.1) is 24.8 Å². The summed E-state index contributed by atoms with van der Waals surface area (Å²) in [4.78, 5) is 0. The Morgan fingerprint density at radius 2 is 0.900 bits per heavy atom. The van der Waals surface area contributed by atoms with E-state index < -0.39 is 17.7 Å². The van der Waals surface area contributed by atoms with Gasteiger partial charge in [0.1, 0.15) is 0 Å². The van der Waals surface area contributed by atoms with Gasteiger partial charge in [0.05, 0.1) is 0 Å². The minimum atomic E-state index is -3.34. The van der Waals surface area contributed by atoms with Gasteiger partial charge in [-0.3, -0.25) is 0 Å². The summed E-state index contributed by atoms with van der Waals surface area (Å²) >= 11 is -3.34. The van der Waals surface area contributed by atoms with E-state index in [1.807, 2.05) is 0 Å². The Labute approximate surface area is 199 Å². The number of benzene rings is 2. The topological polar surface area (TPSA) is 0 Å². The Hall–Kier alpha value is -0.413. The molecule has 0 nitrogen and oxygen atoms in total. The number of aryl methyl sites for hydroxylation is 4. The van der Waals surface area contributed by atoms with Gasteiger partial charge in [-0.25, -0.2) is 0 Å². The van der Waals surface area contributed by atoms with Gasteiger partial charge in [0.25, 0.3) is 0 Å². The summed E-state index contributed by atoms with van der Waals surface area (Å²) in [5.41, 5.74) is 15.6. The molecule has 2 aromatic rings. The molecule has 0 amide bonds. The van der Waals surface area contributed by atoms with Crippen molar-refractivity contribution in [2.24, 2.45) is 0 Å². The largest absolute Gasteiger partial charge is 0.147 e. The summed E-state index contributed by atoms with van der Waals surface area (Å²) in [6, 6.07) is 9.35. The fraction of sp³-hybridized carbons (Fsp3) is 0.385. The number of allylic oxidation sites excluding steroid dienone is 2. The molecule has 163 valence electrons. The maximum atomic E-state index is 2.79. The second-order valence-corrected chi connectivity index (χ2v) is 65.5. The standard InChI is InChI=1S/2C12H13.2CH3.2ClH.Hf.H3Si/c2*1-8-6-11-9(2)4-5-10(3)12(11)7-8;;;;;;/h2*4-7H,1-3H3;2*1H3;2*1H;;1H3. The molecule has 2 aliphatic carbocycles. The molecule has 0 saturated heterocycles. The Morgan fingerprint density at radius 3 is 1.23 bits per heavy atom. The van der Waals surface area contributed by atoms with Gasteiger partial charge < -0.3 is 0 Å². The molecule has 2 aliphatic rings. The fourth-order valence-electron chi connectivity index (χ4n) is 6.76. The van der Waals surface area contributed by atoms with Gasteiger partial charge in [0.2, 0.25) is 0 Å². The van der Waals surface area contributed by atoms with E-state index in [0.29, 0.717) is 7.35 Å². The van der Waals surface area contributed by atoms with E-state index in [-0.39, 0.29) is 24.8 Å². The third kappa shape index (κ3) is 3.60. The number of rotatable bonds is 2. The van der Waals surface area contributed by atoms with Crippen LogP contribution in [0.15, 0.2) is 35.4 Å². The first-order valence-electron chi connectivity index (χ1n) is 10.7. The van der Waals surface area contributed by atoms with Crippen LogP contribution in [0.5, 0.6) is 0 Å². The molecule has 0 aromatic heterocycles. The van der Waals surface area contributed by atoms with Crippen molar-refractivity contribution in [1.29, 1.82) is 0 Å². The third-order valence-corrected chi connectivity index (χ3v) is 37.4. The van der Waals surface area contributed by atoms with Crippen LogP contribution in [0.4, 0.5) is 0 Å². The average molecular weight is 627 g/mol. The van der Waals surface area contributed by atoms with Crippen LogP contribution in [0.3, 0.4) is 0 Å². The van der Waals surface area contributed by atoms with Gasteiger partial charge in [0.15, 0.2) is 0 Å². The minimum Gasteiger partial charge on any atom is -0.147 e. The Bertz CT molecular complexity index is 1000. The van der Waals surface area contributed by atoms with E-state index in [1.54, 1.807) is 22.3 Å². The average Bonchev–Trinajstić information content (AvgIpc) is 3.14. The van der Waals surface area contributed by atoms with E-state index in [9.17, 15) is 0 Å². The van der Waals surface area contributed by atoms with E-state index in [0.717, 1.165) is 0 Å². The van der Waals surface area contributed by atoms with Gasteiger partial charge in [-0.05, 0) is 0 Å². The normalized spacial score (nSPS) is 20.9. The Kier molecular flexibility index (Phi) is 7.04. The monoisotopic (exact) mass is 627 g/mol. The van der Waals surface area contributed by atoms with E-state index >= 15 is 0 Å². The molecule has 0 N–H and O–H groups in total. The molecule has 0 radical (unpaired) electrons. The van der Waals surface area contributed by atoms with Crippen molar-refractivity contribution in [3.63, 3.8) is 0 Å². The van der Waals surface area contributed by atoms with Crippen molar-refractivity contribution in [3.8, 4) is 0 Å². The van der Waals surface area contributed by atoms with Crippen molar-refractivity contribution < 1.29 is 17.7 Å². The van der Waals surface area contributed by atoms with Crippen LogP contribution in [0.25, 0.3) is 12.2 Å². The predicted molar refractivity (Wildman–Crippen MR) is 141 cm³/mol. The molecule has 0 spiro atoms. The molecule has 4 rings (SSSR count). The van der Waals surface area contributed by atoms with Gasteiger partial charge in [-0.2, -0.15) is 0 Å². The number of fused-ring (bicyclic) bond motifs is 2. The second-order valence-electron chi connectivity index (χ2n) is 11.1. The van der Waals surface area contributed by atoms with Crippen molar-refractivity contribution >= 4 is 44.4 Å². The van der Waals surface area contributed by atoms with Crippen molar-refractivity contribution in [2.45, 2.75) is 58.3 Å². The molecular weight excluding hydrogens is 590 g/mol. The molecule has 0 aliphatic heterocycles. The van der Waals surface area contributed by atoms with Gasteiger partial charge in [0, 0.05) is 0 Å². The zero-order valence-corrected chi connectivity index (χ0v) is 27.2. The summed E-state index contributed by atoms with van der Waals surface area (Å²) in [6.45, 7) is 14.1. The summed E-state index contributed by atoms with van der Waals surface area (Å²) in [7, 11) is 1.34. The SMILES string of the molecule is CC1=Cc2c(C)ccc(C)c2[CH]1[Hf]([CH3])([CH3])([SiH3])[CH]1C(C)=Cc2c(C)ccc(C)c21.Cl.Cl. The Morgan fingerprint density at radius 1 is 0.600 bits per heavy atom. The van der Waals surface area contributed by atoms with Crippen molar-refractivity contribution in [3.05, 3.63) is 79.9 Å². The first-order valence-corrected chi connectivity index (χ1v) is 33.8. The van der Waals surface area contributed by atoms with Crippen LogP contribution in [0, 0.1) is 27.7 Å². The van der Waals surface area contributed by atoms with Crippen molar-refractivity contribution in [2.75, 3.05) is 0 Å². The maximum Gasteiger partial charge on any atom is -0.147 e. The van der Waals surface area contributed by atoms with Crippen LogP contribution in [-0.2, 0) is 17.7 Å². The molecule has 0 bridgehead atoms. The molecule has 0 heterocycles. The van der Waals surface area contributed by atoms with E-state index in [1.165, 1.54) is 40.8 Å². The van der Waals surface area contributed by atoms with Crippen LogP contribution < -0.4 is 0 Å². The van der Waals surface area contributed by atoms with Crippen molar-refractivity contribution in [1.82, 2.24) is 0 Å². The molecule has 0 fully saturated rings. The quantitative estimate of drug-likeness (QED) is 0.304.